The smallest absolute Gasteiger partial charge is 0.166 e. The molecule has 10 heteroatoms. The minimum atomic E-state index is -0.576. The summed E-state index contributed by atoms with van der Waals surface area (Å²) in [7, 11) is 5.13. The van der Waals surface area contributed by atoms with Crippen LogP contribution in [-0.4, -0.2) is 75.4 Å². The van der Waals surface area contributed by atoms with Crippen LogP contribution in [0.3, 0.4) is 0 Å². The molecule has 5 rings (SSSR count). The molecular formula is C29H29ClFN5O3. The molecule has 39 heavy (non-hydrogen) atoms. The summed E-state index contributed by atoms with van der Waals surface area (Å²) in [5.74, 6) is 0.739. The fourth-order valence-electron chi connectivity index (χ4n) is 4.71. The molecule has 0 saturated carbocycles. The molecule has 4 aromatic rings. The summed E-state index contributed by atoms with van der Waals surface area (Å²) in [6.45, 7) is 5.58. The van der Waals surface area contributed by atoms with Gasteiger partial charge < -0.3 is 24.4 Å². The van der Waals surface area contributed by atoms with Crippen molar-refractivity contribution in [1.29, 1.82) is 5.26 Å². The maximum absolute atomic E-state index is 14.1. The second-order valence-electron chi connectivity index (χ2n) is 9.46. The molecule has 0 amide bonds. The van der Waals surface area contributed by atoms with Crippen LogP contribution < -0.4 is 19.5 Å². The normalized spacial score (nSPS) is 14.4. The minimum absolute atomic E-state index is 0.0362. The van der Waals surface area contributed by atoms with Crippen LogP contribution in [0.25, 0.3) is 21.7 Å². The lowest BCUT2D eigenvalue weighted by Crippen LogP contribution is -2.45. The van der Waals surface area contributed by atoms with E-state index in [1.807, 2.05) is 24.3 Å². The predicted octanol–water partition coefficient (Wildman–Crippen LogP) is 5.44. The van der Waals surface area contributed by atoms with Gasteiger partial charge in [-0.05, 0) is 48.2 Å². The van der Waals surface area contributed by atoms with Gasteiger partial charge in [-0.2, -0.15) is 5.26 Å². The zero-order valence-electron chi connectivity index (χ0n) is 22.1. The van der Waals surface area contributed by atoms with Crippen LogP contribution in [0.1, 0.15) is 5.56 Å². The average molecular weight is 550 g/mol. The first kappa shape index (κ1) is 26.8. The van der Waals surface area contributed by atoms with Crippen LogP contribution in [0.4, 0.5) is 15.8 Å². The van der Waals surface area contributed by atoms with E-state index in [1.165, 1.54) is 25.4 Å². The van der Waals surface area contributed by atoms with Gasteiger partial charge in [-0.1, -0.05) is 11.6 Å². The van der Waals surface area contributed by atoms with Gasteiger partial charge in [-0.15, -0.1) is 0 Å². The number of likely N-dealkylation sites (N-methyl/N-ethyl adjacent to an activating group) is 1. The van der Waals surface area contributed by atoms with Crippen LogP contribution in [0.2, 0.25) is 5.02 Å². The molecule has 1 aromatic heterocycles. The van der Waals surface area contributed by atoms with Crippen LogP contribution >= 0.6 is 11.6 Å². The van der Waals surface area contributed by atoms with E-state index < -0.39 is 5.82 Å². The number of nitriles is 1. The van der Waals surface area contributed by atoms with Crippen molar-refractivity contribution < 1.29 is 18.6 Å². The summed E-state index contributed by atoms with van der Waals surface area (Å²) in [4.78, 5) is 9.24. The number of pyridine rings is 1. The van der Waals surface area contributed by atoms with Gasteiger partial charge in [0.1, 0.15) is 12.7 Å². The molecule has 1 aliphatic rings. The number of piperazine rings is 1. The molecule has 1 aliphatic heterocycles. The molecule has 0 radical (unpaired) electrons. The molecule has 2 heterocycles. The Bertz CT molecular complexity index is 1570. The topological polar surface area (TPSA) is 82.9 Å². The van der Waals surface area contributed by atoms with E-state index in [0.29, 0.717) is 45.9 Å². The van der Waals surface area contributed by atoms with Gasteiger partial charge in [-0.25, -0.2) is 4.39 Å². The number of anilines is 2. The number of nitrogens with zero attached hydrogens (tertiary/aromatic N) is 4. The van der Waals surface area contributed by atoms with Crippen molar-refractivity contribution in [2.24, 2.45) is 0 Å². The predicted molar refractivity (Wildman–Crippen MR) is 151 cm³/mol. The Kier molecular flexibility index (Phi) is 7.89. The maximum Gasteiger partial charge on any atom is 0.166 e. The first-order valence-corrected chi connectivity index (χ1v) is 13.0. The Morgan fingerprint density at radius 2 is 1.72 bits per heavy atom. The molecular weight excluding hydrogens is 521 g/mol. The van der Waals surface area contributed by atoms with Gasteiger partial charge in [0.2, 0.25) is 0 Å². The number of fused-ring (bicyclic) bond motifs is 2. The number of hydrogen-bond donors (Lipinski definition) is 1. The molecule has 0 bridgehead atoms. The third-order valence-electron chi connectivity index (χ3n) is 6.99. The van der Waals surface area contributed by atoms with Crippen molar-refractivity contribution in [3.63, 3.8) is 0 Å². The third-order valence-corrected chi connectivity index (χ3v) is 7.30. The van der Waals surface area contributed by atoms with E-state index in [4.69, 9.17) is 25.8 Å². The number of rotatable bonds is 8. The van der Waals surface area contributed by atoms with Crippen molar-refractivity contribution in [3.8, 4) is 23.3 Å². The number of ether oxygens (including phenoxy) is 3. The number of methoxy groups -OCH3 is 2. The summed E-state index contributed by atoms with van der Waals surface area (Å²) < 4.78 is 31.0. The SMILES string of the molecule is COc1cc(Nc2c(C#N)cnc3cc4cc(OCCN5CCN(C)CC5)c(OC)cc4cc23)c(Cl)cc1F. The van der Waals surface area contributed by atoms with Gasteiger partial charge in [0.05, 0.1) is 41.7 Å². The van der Waals surface area contributed by atoms with Gasteiger partial charge in [0, 0.05) is 50.4 Å². The Hall–Kier alpha value is -3.84. The highest BCUT2D eigenvalue weighted by Crippen LogP contribution is 2.39. The lowest BCUT2D eigenvalue weighted by molar-refractivity contribution is 0.133. The highest BCUT2D eigenvalue weighted by molar-refractivity contribution is 6.33. The summed E-state index contributed by atoms with van der Waals surface area (Å²) in [5.41, 5.74) is 1.90. The minimum Gasteiger partial charge on any atom is -0.494 e. The number of aromatic nitrogens is 1. The molecule has 1 N–H and O–H groups in total. The zero-order chi connectivity index (χ0) is 27.5. The molecule has 0 unspecified atom stereocenters. The molecule has 1 saturated heterocycles. The second kappa shape index (κ2) is 11.5. The van der Waals surface area contributed by atoms with Gasteiger partial charge in [0.25, 0.3) is 0 Å². The molecule has 202 valence electrons. The molecule has 1 fully saturated rings. The van der Waals surface area contributed by atoms with Crippen molar-refractivity contribution in [2.75, 3.05) is 65.9 Å². The fraction of sp³-hybridized carbons (Fsp3) is 0.310. The van der Waals surface area contributed by atoms with Gasteiger partial charge >= 0.3 is 0 Å². The quantitative estimate of drug-likeness (QED) is 0.291. The van der Waals surface area contributed by atoms with Crippen molar-refractivity contribution >= 4 is 44.7 Å². The number of halogens is 2. The largest absolute Gasteiger partial charge is 0.494 e. The third kappa shape index (κ3) is 5.64. The fourth-order valence-corrected chi connectivity index (χ4v) is 4.91. The summed E-state index contributed by atoms with van der Waals surface area (Å²) in [5, 5.41) is 15.7. The van der Waals surface area contributed by atoms with E-state index in [-0.39, 0.29) is 10.8 Å². The maximum atomic E-state index is 14.1. The standard InChI is InChI=1S/C29H29ClFN5O3/c1-35-4-6-36(7-5-35)8-9-39-28-13-19-11-24-21(10-18(19)12-27(28)38-3)29(20(16-32)17-33-24)34-25-15-26(37-2)23(31)14-22(25)30/h10-15,17H,4-9H2,1-3H3,(H,33,34). The highest BCUT2D eigenvalue weighted by atomic mass is 35.5. The lowest BCUT2D eigenvalue weighted by atomic mass is 10.0. The first-order chi connectivity index (χ1) is 18.9. The monoisotopic (exact) mass is 549 g/mol. The van der Waals surface area contributed by atoms with Crippen molar-refractivity contribution in [3.05, 3.63) is 59.0 Å². The summed E-state index contributed by atoms with van der Waals surface area (Å²) in [6, 6.07) is 12.5. The molecule has 0 atom stereocenters. The zero-order valence-corrected chi connectivity index (χ0v) is 22.8. The molecule has 0 aliphatic carbocycles. The number of benzene rings is 3. The van der Waals surface area contributed by atoms with E-state index in [9.17, 15) is 9.65 Å². The van der Waals surface area contributed by atoms with E-state index in [2.05, 4.69) is 33.2 Å². The number of hydrogen-bond acceptors (Lipinski definition) is 8. The van der Waals surface area contributed by atoms with Crippen LogP contribution in [0.15, 0.2) is 42.6 Å². The van der Waals surface area contributed by atoms with E-state index in [1.54, 1.807) is 7.11 Å². The van der Waals surface area contributed by atoms with Gasteiger partial charge in [0.15, 0.2) is 23.1 Å². The Labute approximate surface area is 231 Å². The molecule has 0 spiro atoms. The average Bonchev–Trinajstić information content (AvgIpc) is 2.94. The lowest BCUT2D eigenvalue weighted by Gasteiger charge is -2.32. The highest BCUT2D eigenvalue weighted by Gasteiger charge is 2.17. The Morgan fingerprint density at radius 3 is 2.44 bits per heavy atom. The second-order valence-corrected chi connectivity index (χ2v) is 9.87. The molecule has 8 nitrogen and oxygen atoms in total. The van der Waals surface area contributed by atoms with Crippen LogP contribution in [0, 0.1) is 17.1 Å². The molecule has 3 aromatic carbocycles. The summed E-state index contributed by atoms with van der Waals surface area (Å²) >= 11 is 6.31. The summed E-state index contributed by atoms with van der Waals surface area (Å²) in [6.07, 6.45) is 1.50. The van der Waals surface area contributed by atoms with E-state index >= 15 is 0 Å². The Morgan fingerprint density at radius 1 is 1.00 bits per heavy atom. The van der Waals surface area contributed by atoms with Crippen LogP contribution in [-0.2, 0) is 0 Å². The Balaban J connectivity index is 1.48. The number of nitrogens with one attached hydrogen (secondary N) is 1. The van der Waals surface area contributed by atoms with Crippen molar-refractivity contribution in [2.45, 2.75) is 0 Å². The first-order valence-electron chi connectivity index (χ1n) is 12.6. The van der Waals surface area contributed by atoms with E-state index in [0.717, 1.165) is 43.5 Å². The van der Waals surface area contributed by atoms with Crippen molar-refractivity contribution in [1.82, 2.24) is 14.8 Å². The van der Waals surface area contributed by atoms with Gasteiger partial charge in [-0.3, -0.25) is 9.88 Å². The van der Waals surface area contributed by atoms with Crippen LogP contribution in [0.5, 0.6) is 17.2 Å².